The fraction of sp³-hybridized carbons (Fsp3) is 0.538. The van der Waals surface area contributed by atoms with E-state index < -0.39 is 0 Å². The van der Waals surface area contributed by atoms with Crippen LogP contribution in [-0.4, -0.2) is 34.1 Å². The third-order valence-electron chi connectivity index (χ3n) is 3.45. The maximum Gasteiger partial charge on any atom is 0.292 e. The van der Waals surface area contributed by atoms with E-state index >= 15 is 0 Å². The van der Waals surface area contributed by atoms with E-state index in [1.807, 2.05) is 12.3 Å². The highest BCUT2D eigenvalue weighted by molar-refractivity contribution is 7.09. The van der Waals surface area contributed by atoms with E-state index in [1.54, 1.807) is 17.5 Å². The van der Waals surface area contributed by atoms with Crippen LogP contribution in [0.2, 0.25) is 0 Å². The van der Waals surface area contributed by atoms with Gasteiger partial charge in [0, 0.05) is 24.0 Å². The summed E-state index contributed by atoms with van der Waals surface area (Å²) in [5.41, 5.74) is 0. The second-order valence-electron chi connectivity index (χ2n) is 5.09. The summed E-state index contributed by atoms with van der Waals surface area (Å²) in [5.74, 6) is 0.430. The van der Waals surface area contributed by atoms with Gasteiger partial charge < -0.3 is 15.2 Å². The molecule has 1 amide bonds. The molecule has 2 atom stereocenters. The van der Waals surface area contributed by atoms with E-state index in [2.05, 4.69) is 25.8 Å². The van der Waals surface area contributed by atoms with E-state index in [9.17, 15) is 4.79 Å². The Balaban J connectivity index is 1.55. The molecule has 0 spiro atoms. The Bertz CT molecular complexity index is 591. The summed E-state index contributed by atoms with van der Waals surface area (Å²) in [4.78, 5) is 20.4. The second-order valence-corrected chi connectivity index (χ2v) is 6.01. The number of carbonyl (C=O) groups is 1. The van der Waals surface area contributed by atoms with Gasteiger partial charge in [0.2, 0.25) is 5.89 Å². The minimum atomic E-state index is -0.314. The Labute approximate surface area is 126 Å². The predicted octanol–water partition coefficient (Wildman–Crippen LogP) is 1.48. The van der Waals surface area contributed by atoms with Crippen LogP contribution in [0.4, 0.5) is 0 Å². The zero-order valence-corrected chi connectivity index (χ0v) is 12.5. The van der Waals surface area contributed by atoms with Gasteiger partial charge in [-0.05, 0) is 19.4 Å². The van der Waals surface area contributed by atoms with E-state index in [1.165, 1.54) is 0 Å². The Morgan fingerprint density at radius 1 is 1.67 bits per heavy atom. The van der Waals surface area contributed by atoms with Crippen molar-refractivity contribution in [3.63, 3.8) is 0 Å². The lowest BCUT2D eigenvalue weighted by Gasteiger charge is -2.08. The number of nitrogens with zero attached hydrogens (tertiary/aromatic N) is 3. The fourth-order valence-electron chi connectivity index (χ4n) is 2.25. The summed E-state index contributed by atoms with van der Waals surface area (Å²) in [7, 11) is 0. The van der Waals surface area contributed by atoms with Gasteiger partial charge in [0.25, 0.3) is 11.7 Å². The van der Waals surface area contributed by atoms with Crippen molar-refractivity contribution >= 4 is 17.2 Å². The van der Waals surface area contributed by atoms with Gasteiger partial charge in [0.15, 0.2) is 0 Å². The average molecular weight is 307 g/mol. The molecule has 112 valence electrons. The van der Waals surface area contributed by atoms with Crippen LogP contribution in [0.25, 0.3) is 0 Å². The van der Waals surface area contributed by atoms with Gasteiger partial charge >= 0.3 is 0 Å². The van der Waals surface area contributed by atoms with Crippen molar-refractivity contribution in [2.24, 2.45) is 0 Å². The lowest BCUT2D eigenvalue weighted by molar-refractivity contribution is 0.0938. The third kappa shape index (κ3) is 3.27. The second kappa shape index (κ2) is 6.31. The Hall–Kier alpha value is -1.80. The quantitative estimate of drug-likeness (QED) is 0.869. The lowest BCUT2D eigenvalue weighted by atomic mass is 10.2. The number of carbonyl (C=O) groups excluding carboxylic acids is 1. The molecule has 8 heteroatoms. The van der Waals surface area contributed by atoms with Crippen molar-refractivity contribution in [1.29, 1.82) is 0 Å². The Morgan fingerprint density at radius 2 is 2.57 bits per heavy atom. The van der Waals surface area contributed by atoms with E-state index in [4.69, 9.17) is 4.52 Å². The van der Waals surface area contributed by atoms with Crippen molar-refractivity contribution in [3.05, 3.63) is 28.3 Å². The number of hydrogen-bond acceptors (Lipinski definition) is 7. The van der Waals surface area contributed by atoms with Crippen LogP contribution in [0.1, 0.15) is 53.2 Å². The standard InChI is InChI=1S/C13H17N5O2S/c1-8(13-15-5-6-21-13)7-16-11(19)10-17-12(20-18-10)9-3-2-4-14-9/h5-6,8-9,14H,2-4,7H2,1H3,(H,16,19). The van der Waals surface area contributed by atoms with E-state index in [0.29, 0.717) is 12.4 Å². The first kappa shape index (κ1) is 14.2. The molecule has 1 fully saturated rings. The Morgan fingerprint density at radius 3 is 3.29 bits per heavy atom. The molecule has 1 aliphatic rings. The molecule has 1 aliphatic heterocycles. The molecule has 3 rings (SSSR count). The summed E-state index contributed by atoms with van der Waals surface area (Å²) >= 11 is 1.58. The van der Waals surface area contributed by atoms with E-state index in [-0.39, 0.29) is 23.7 Å². The summed E-state index contributed by atoms with van der Waals surface area (Å²) < 4.78 is 5.15. The van der Waals surface area contributed by atoms with Crippen LogP contribution in [0.5, 0.6) is 0 Å². The zero-order valence-electron chi connectivity index (χ0n) is 11.7. The molecular formula is C13H17N5O2S. The first-order valence-electron chi connectivity index (χ1n) is 6.98. The SMILES string of the molecule is CC(CNC(=O)c1noc(C2CCCN2)n1)c1nccs1. The molecule has 2 unspecified atom stereocenters. The first-order chi connectivity index (χ1) is 10.2. The van der Waals surface area contributed by atoms with Gasteiger partial charge in [0.05, 0.1) is 11.0 Å². The number of rotatable bonds is 5. The lowest BCUT2D eigenvalue weighted by Crippen LogP contribution is -2.28. The van der Waals surface area contributed by atoms with Gasteiger partial charge in [-0.1, -0.05) is 12.1 Å². The molecule has 2 aromatic heterocycles. The van der Waals surface area contributed by atoms with Crippen LogP contribution in [0.3, 0.4) is 0 Å². The number of aromatic nitrogens is 3. The van der Waals surface area contributed by atoms with Gasteiger partial charge in [0.1, 0.15) is 0 Å². The molecule has 0 saturated carbocycles. The van der Waals surface area contributed by atoms with Crippen LogP contribution in [-0.2, 0) is 0 Å². The van der Waals surface area contributed by atoms with Crippen LogP contribution in [0.15, 0.2) is 16.1 Å². The van der Waals surface area contributed by atoms with Crippen molar-refractivity contribution in [2.75, 3.05) is 13.1 Å². The fourth-order valence-corrected chi connectivity index (χ4v) is 2.95. The van der Waals surface area contributed by atoms with Gasteiger partial charge in [-0.3, -0.25) is 4.79 Å². The van der Waals surface area contributed by atoms with Crippen molar-refractivity contribution in [2.45, 2.75) is 31.7 Å². The Kier molecular flexibility index (Phi) is 4.26. The van der Waals surface area contributed by atoms with Gasteiger partial charge in [-0.25, -0.2) is 4.98 Å². The predicted molar refractivity (Wildman–Crippen MR) is 77.1 cm³/mol. The normalized spacial score (nSPS) is 19.6. The minimum absolute atomic E-state index is 0.0771. The van der Waals surface area contributed by atoms with Crippen molar-refractivity contribution < 1.29 is 9.32 Å². The molecule has 1 saturated heterocycles. The number of hydrogen-bond donors (Lipinski definition) is 2. The van der Waals surface area contributed by atoms with Crippen LogP contribution < -0.4 is 10.6 Å². The van der Waals surface area contributed by atoms with Crippen molar-refractivity contribution in [3.8, 4) is 0 Å². The van der Waals surface area contributed by atoms with E-state index in [0.717, 1.165) is 24.4 Å². The summed E-state index contributed by atoms with van der Waals surface area (Å²) in [5, 5.41) is 12.7. The molecule has 0 aromatic carbocycles. The number of thiazole rings is 1. The molecule has 3 heterocycles. The van der Waals surface area contributed by atoms with Crippen molar-refractivity contribution in [1.82, 2.24) is 25.8 Å². The van der Waals surface area contributed by atoms with Gasteiger partial charge in [-0.2, -0.15) is 4.98 Å². The highest BCUT2D eigenvalue weighted by Crippen LogP contribution is 2.21. The highest BCUT2D eigenvalue weighted by atomic mass is 32.1. The third-order valence-corrected chi connectivity index (χ3v) is 4.45. The first-order valence-corrected chi connectivity index (χ1v) is 7.86. The summed E-state index contributed by atoms with van der Waals surface area (Å²) in [6.45, 7) is 3.46. The maximum absolute atomic E-state index is 12.0. The van der Waals surface area contributed by atoms with Crippen LogP contribution >= 0.6 is 11.3 Å². The highest BCUT2D eigenvalue weighted by Gasteiger charge is 2.24. The molecule has 2 aromatic rings. The average Bonchev–Trinajstić information content (AvgIpc) is 3.25. The molecule has 2 N–H and O–H groups in total. The number of amides is 1. The number of nitrogens with one attached hydrogen (secondary N) is 2. The maximum atomic E-state index is 12.0. The van der Waals surface area contributed by atoms with Gasteiger partial charge in [-0.15, -0.1) is 11.3 Å². The molecule has 0 bridgehead atoms. The summed E-state index contributed by atoms with van der Waals surface area (Å²) in [6, 6.07) is 0.0771. The molecule has 7 nitrogen and oxygen atoms in total. The van der Waals surface area contributed by atoms with Crippen LogP contribution in [0, 0.1) is 0 Å². The molecule has 0 radical (unpaired) electrons. The molecular weight excluding hydrogens is 290 g/mol. The molecule has 21 heavy (non-hydrogen) atoms. The smallest absolute Gasteiger partial charge is 0.292 e. The zero-order chi connectivity index (χ0) is 14.7. The largest absolute Gasteiger partial charge is 0.349 e. The minimum Gasteiger partial charge on any atom is -0.349 e. The monoisotopic (exact) mass is 307 g/mol. The summed E-state index contributed by atoms with van der Waals surface area (Å²) in [6.07, 6.45) is 3.81. The molecule has 0 aliphatic carbocycles. The topological polar surface area (TPSA) is 92.9 Å².